The van der Waals surface area contributed by atoms with Crippen molar-refractivity contribution in [1.29, 1.82) is 0 Å². The average Bonchev–Trinajstić information content (AvgIpc) is 3.42. The summed E-state index contributed by atoms with van der Waals surface area (Å²) in [6, 6.07) is 43.0. The number of benzene rings is 5. The molecule has 0 amide bonds. The summed E-state index contributed by atoms with van der Waals surface area (Å²) in [6.07, 6.45) is 3.81. The summed E-state index contributed by atoms with van der Waals surface area (Å²) in [5.74, 6) is 0. The number of pyridine rings is 2. The number of hydrogen-bond donors (Lipinski definition) is 0. The Morgan fingerprint density at radius 2 is 1.07 bits per heavy atom. The summed E-state index contributed by atoms with van der Waals surface area (Å²) < 4.78 is 6.45. The van der Waals surface area contributed by atoms with Gasteiger partial charge in [0.2, 0.25) is 0 Å². The normalized spacial score (nSPS) is 11.9. The van der Waals surface area contributed by atoms with Crippen LogP contribution in [-0.4, -0.2) is 9.97 Å². The number of rotatable bonds is 1. The van der Waals surface area contributed by atoms with E-state index >= 15 is 0 Å². The Labute approximate surface area is 236 Å². The third-order valence-corrected chi connectivity index (χ3v) is 8.37. The van der Waals surface area contributed by atoms with Crippen molar-refractivity contribution in [3.05, 3.63) is 134 Å². The predicted octanol–water partition coefficient (Wildman–Crippen LogP) is 10.2. The lowest BCUT2D eigenvalue weighted by molar-refractivity contribution is 0.670. The molecule has 0 saturated heterocycles. The molecule has 0 radical (unpaired) electrons. The molecule has 0 unspecified atom stereocenters. The zero-order valence-electron chi connectivity index (χ0n) is 22.0. The largest absolute Gasteiger partial charge is 0.455 e. The van der Waals surface area contributed by atoms with Crippen molar-refractivity contribution in [2.45, 2.75) is 0 Å². The van der Waals surface area contributed by atoms with Crippen LogP contribution in [0.4, 0.5) is 0 Å². The molecule has 0 spiro atoms. The lowest BCUT2D eigenvalue weighted by Crippen LogP contribution is -1.99. The summed E-state index contributed by atoms with van der Waals surface area (Å²) in [5, 5.41) is 3.30. The molecule has 0 aliphatic heterocycles. The molecule has 0 saturated carbocycles. The van der Waals surface area contributed by atoms with Gasteiger partial charge < -0.3 is 4.42 Å². The van der Waals surface area contributed by atoms with E-state index in [0.717, 1.165) is 60.8 Å². The van der Waals surface area contributed by atoms with Crippen molar-refractivity contribution in [1.82, 2.24) is 9.97 Å². The third-order valence-electron chi connectivity index (χ3n) is 8.37. The number of hydrogen-bond acceptors (Lipinski definition) is 3. The summed E-state index contributed by atoms with van der Waals surface area (Å²) >= 11 is 0. The Bertz CT molecular complexity index is 2330. The Kier molecular flexibility index (Phi) is 4.61. The Morgan fingerprint density at radius 1 is 0.439 bits per heavy atom. The van der Waals surface area contributed by atoms with Gasteiger partial charge in [-0.3, -0.25) is 0 Å². The lowest BCUT2D eigenvalue weighted by atomic mass is 9.80. The first-order chi connectivity index (χ1) is 20.3. The van der Waals surface area contributed by atoms with Crippen LogP contribution in [0.15, 0.2) is 138 Å². The first-order valence-electron chi connectivity index (χ1n) is 13.8. The van der Waals surface area contributed by atoms with E-state index in [1.165, 1.54) is 27.8 Å². The third kappa shape index (κ3) is 3.20. The SMILES string of the molecule is c1ccc2c(c1)-c1ccccc1-c1cnc3ncccc3c1-c1cc(-c3cccc4c3oc3ccccc34)ccc1-2. The van der Waals surface area contributed by atoms with E-state index in [2.05, 4.69) is 108 Å². The van der Waals surface area contributed by atoms with Crippen LogP contribution in [-0.2, 0) is 0 Å². The smallest absolute Gasteiger partial charge is 0.159 e. The van der Waals surface area contributed by atoms with Gasteiger partial charge in [0, 0.05) is 45.2 Å². The number of para-hydroxylation sites is 2. The highest BCUT2D eigenvalue weighted by molar-refractivity contribution is 6.12. The number of nitrogens with zero attached hydrogens (tertiary/aromatic N) is 2. The number of furan rings is 1. The van der Waals surface area contributed by atoms with Gasteiger partial charge in [-0.1, -0.05) is 97.1 Å². The van der Waals surface area contributed by atoms with Gasteiger partial charge in [-0.15, -0.1) is 0 Å². The molecule has 1 aliphatic rings. The minimum Gasteiger partial charge on any atom is -0.455 e. The number of aromatic nitrogens is 2. The van der Waals surface area contributed by atoms with Gasteiger partial charge in [-0.25, -0.2) is 9.97 Å². The fourth-order valence-corrected chi connectivity index (χ4v) is 6.56. The second kappa shape index (κ2) is 8.48. The molecule has 1 aliphatic carbocycles. The van der Waals surface area contributed by atoms with E-state index < -0.39 is 0 Å². The predicted molar refractivity (Wildman–Crippen MR) is 168 cm³/mol. The standard InChI is InChI=1S/C38H22N2O/c1-2-11-27-25(9-1)26-10-3-4-12-28(26)34-22-40-38-32(16-8-20-39-38)36(34)33-21-23(18-19-29(27)33)24-14-7-15-31-30-13-5-6-17-35(30)41-37(24)31/h1-22H. The number of fused-ring (bicyclic) bond motifs is 13. The molecule has 3 aromatic heterocycles. The molecular formula is C38H22N2O. The van der Waals surface area contributed by atoms with E-state index in [1.54, 1.807) is 0 Å². The zero-order chi connectivity index (χ0) is 26.9. The summed E-state index contributed by atoms with van der Waals surface area (Å²) in [7, 11) is 0. The van der Waals surface area contributed by atoms with E-state index in [4.69, 9.17) is 9.40 Å². The molecule has 0 N–H and O–H groups in total. The van der Waals surface area contributed by atoms with E-state index in [1.807, 2.05) is 30.6 Å². The Balaban J connectivity index is 1.42. The van der Waals surface area contributed by atoms with E-state index in [0.29, 0.717) is 0 Å². The van der Waals surface area contributed by atoms with Gasteiger partial charge >= 0.3 is 0 Å². The van der Waals surface area contributed by atoms with Crippen LogP contribution < -0.4 is 0 Å². The molecule has 0 atom stereocenters. The lowest BCUT2D eigenvalue weighted by Gasteiger charge is -2.24. The Morgan fingerprint density at radius 3 is 1.88 bits per heavy atom. The molecule has 3 heteroatoms. The maximum Gasteiger partial charge on any atom is 0.159 e. The van der Waals surface area contributed by atoms with Gasteiger partial charge in [0.05, 0.1) is 0 Å². The van der Waals surface area contributed by atoms with Crippen molar-refractivity contribution in [2.75, 3.05) is 0 Å². The van der Waals surface area contributed by atoms with Crippen LogP contribution in [0.3, 0.4) is 0 Å². The van der Waals surface area contributed by atoms with Crippen molar-refractivity contribution < 1.29 is 4.42 Å². The van der Waals surface area contributed by atoms with Gasteiger partial charge in [0.1, 0.15) is 11.2 Å². The molecule has 3 nitrogen and oxygen atoms in total. The van der Waals surface area contributed by atoms with Crippen molar-refractivity contribution >= 4 is 33.0 Å². The average molecular weight is 523 g/mol. The van der Waals surface area contributed by atoms with Crippen LogP contribution in [0.5, 0.6) is 0 Å². The fourth-order valence-electron chi connectivity index (χ4n) is 6.56. The molecule has 0 bridgehead atoms. The zero-order valence-corrected chi connectivity index (χ0v) is 22.0. The second-order valence-electron chi connectivity index (χ2n) is 10.6. The minimum absolute atomic E-state index is 0.744. The molecule has 9 rings (SSSR count). The topological polar surface area (TPSA) is 38.9 Å². The van der Waals surface area contributed by atoms with Crippen LogP contribution in [0.2, 0.25) is 0 Å². The highest BCUT2D eigenvalue weighted by Gasteiger charge is 2.25. The van der Waals surface area contributed by atoms with Gasteiger partial charge in [0.15, 0.2) is 5.65 Å². The monoisotopic (exact) mass is 522 g/mol. The van der Waals surface area contributed by atoms with E-state index in [9.17, 15) is 0 Å². The molecule has 8 aromatic rings. The highest BCUT2D eigenvalue weighted by atomic mass is 16.3. The summed E-state index contributed by atoms with van der Waals surface area (Å²) in [4.78, 5) is 9.45. The van der Waals surface area contributed by atoms with Gasteiger partial charge in [0.25, 0.3) is 0 Å². The minimum atomic E-state index is 0.744. The first kappa shape index (κ1) is 22.3. The molecular weight excluding hydrogens is 500 g/mol. The quantitative estimate of drug-likeness (QED) is 0.215. The summed E-state index contributed by atoms with van der Waals surface area (Å²) in [6.45, 7) is 0. The maximum absolute atomic E-state index is 6.45. The van der Waals surface area contributed by atoms with E-state index in [-0.39, 0.29) is 0 Å². The van der Waals surface area contributed by atoms with Gasteiger partial charge in [-0.05, 0) is 63.2 Å². The molecule has 41 heavy (non-hydrogen) atoms. The van der Waals surface area contributed by atoms with Crippen LogP contribution in [0, 0.1) is 0 Å². The molecule has 0 fully saturated rings. The van der Waals surface area contributed by atoms with Gasteiger partial charge in [-0.2, -0.15) is 0 Å². The van der Waals surface area contributed by atoms with Crippen LogP contribution in [0.25, 0.3) is 88.6 Å². The highest BCUT2D eigenvalue weighted by Crippen LogP contribution is 2.50. The maximum atomic E-state index is 6.45. The summed E-state index contributed by atoms with van der Waals surface area (Å²) in [5.41, 5.74) is 14.2. The molecule has 5 aromatic carbocycles. The Hall–Kier alpha value is -5.54. The molecule has 3 heterocycles. The van der Waals surface area contributed by atoms with Crippen LogP contribution >= 0.6 is 0 Å². The fraction of sp³-hybridized carbons (Fsp3) is 0. The first-order valence-corrected chi connectivity index (χ1v) is 13.8. The van der Waals surface area contributed by atoms with Crippen molar-refractivity contribution in [2.24, 2.45) is 0 Å². The second-order valence-corrected chi connectivity index (χ2v) is 10.6. The van der Waals surface area contributed by atoms with Crippen molar-refractivity contribution in [3.8, 4) is 55.6 Å². The van der Waals surface area contributed by atoms with Crippen LogP contribution in [0.1, 0.15) is 0 Å². The van der Waals surface area contributed by atoms with Crippen molar-refractivity contribution in [3.63, 3.8) is 0 Å². The molecule has 190 valence electrons.